The molecule has 0 spiro atoms. The number of aryl methyl sites for hydroxylation is 1. The minimum Gasteiger partial charge on any atom is -0.365 e. The van der Waals surface area contributed by atoms with Gasteiger partial charge in [-0.2, -0.15) is 0 Å². The molecule has 0 radical (unpaired) electrons. The third-order valence-electron chi connectivity index (χ3n) is 4.94. The molecule has 0 aliphatic carbocycles. The summed E-state index contributed by atoms with van der Waals surface area (Å²) in [5, 5.41) is 11.6. The topological polar surface area (TPSA) is 68.1 Å². The van der Waals surface area contributed by atoms with Gasteiger partial charge in [0.15, 0.2) is 0 Å². The van der Waals surface area contributed by atoms with Crippen LogP contribution in [0.25, 0.3) is 0 Å². The number of likely N-dealkylation sites (N-methyl/N-ethyl adjacent to an activating group) is 1. The Morgan fingerprint density at radius 1 is 1.18 bits per heavy atom. The highest BCUT2D eigenvalue weighted by molar-refractivity contribution is 5.91. The maximum absolute atomic E-state index is 8.46. The monoisotopic (exact) mass is 386 g/mol. The zero-order valence-electron chi connectivity index (χ0n) is 19.3. The lowest BCUT2D eigenvalue weighted by Crippen LogP contribution is -2.46. The van der Waals surface area contributed by atoms with Gasteiger partial charge in [-0.15, -0.1) is 0 Å². The van der Waals surface area contributed by atoms with E-state index in [1.807, 2.05) is 51.1 Å². The largest absolute Gasteiger partial charge is 0.365 e. The normalized spacial score (nSPS) is 13.0. The number of anilines is 1. The highest BCUT2D eigenvalue weighted by Gasteiger charge is 2.27. The summed E-state index contributed by atoms with van der Waals surface area (Å²) in [6, 6.07) is 2.06. The molecule has 0 bridgehead atoms. The van der Waals surface area contributed by atoms with E-state index in [-0.39, 0.29) is 11.1 Å². The molecule has 0 saturated carbocycles. The van der Waals surface area contributed by atoms with E-state index in [9.17, 15) is 0 Å². The van der Waals surface area contributed by atoms with Crippen LogP contribution in [0.15, 0.2) is 30.1 Å². The zero-order valence-corrected chi connectivity index (χ0v) is 19.3. The summed E-state index contributed by atoms with van der Waals surface area (Å²) in [6.07, 6.45) is 6.35. The first-order valence-corrected chi connectivity index (χ1v) is 9.74. The molecule has 0 fully saturated rings. The first-order chi connectivity index (χ1) is 12.8. The van der Waals surface area contributed by atoms with Crippen LogP contribution in [-0.2, 0) is 6.42 Å². The summed E-state index contributed by atoms with van der Waals surface area (Å²) in [5.41, 5.74) is 1.62. The predicted molar refractivity (Wildman–Crippen MR) is 120 cm³/mol. The lowest BCUT2D eigenvalue weighted by Gasteiger charge is -2.37. The Morgan fingerprint density at radius 3 is 2.32 bits per heavy atom. The van der Waals surface area contributed by atoms with Gasteiger partial charge < -0.3 is 15.1 Å². The van der Waals surface area contributed by atoms with E-state index in [1.165, 1.54) is 0 Å². The van der Waals surface area contributed by atoms with E-state index < -0.39 is 0 Å². The molecule has 156 valence electrons. The number of aromatic nitrogens is 2. The van der Waals surface area contributed by atoms with Crippen LogP contribution in [0, 0.1) is 12.3 Å². The molecule has 0 aliphatic rings. The number of rotatable bonds is 7. The van der Waals surface area contributed by atoms with Crippen molar-refractivity contribution in [1.29, 1.82) is 5.41 Å². The predicted octanol–water partition coefficient (Wildman–Crippen LogP) is 4.28. The number of nitrogens with zero attached hydrogens (tertiary/aromatic N) is 4. The molecule has 6 heteroatoms. The summed E-state index contributed by atoms with van der Waals surface area (Å²) in [7, 11) is 4.02. The van der Waals surface area contributed by atoms with Gasteiger partial charge in [0.05, 0.1) is 0 Å². The molecule has 1 heterocycles. The molecule has 0 atom stereocenters. The molecule has 6 nitrogen and oxygen atoms in total. The first-order valence-electron chi connectivity index (χ1n) is 9.74. The molecule has 1 rings (SSSR count). The van der Waals surface area contributed by atoms with Crippen molar-refractivity contribution in [1.82, 2.24) is 20.2 Å². The molecule has 0 aromatic carbocycles. The van der Waals surface area contributed by atoms with Crippen molar-refractivity contribution >= 4 is 11.7 Å². The fraction of sp³-hybridized carbons (Fsp3) is 0.591. The fourth-order valence-corrected chi connectivity index (χ4v) is 2.66. The molecule has 0 aliphatic heterocycles. The van der Waals surface area contributed by atoms with Gasteiger partial charge in [0.2, 0.25) is 0 Å². The average molecular weight is 387 g/mol. The minimum absolute atomic E-state index is 0.0191. The quantitative estimate of drug-likeness (QED) is 0.541. The van der Waals surface area contributed by atoms with Crippen molar-refractivity contribution in [2.45, 2.75) is 72.9 Å². The third-order valence-corrected chi connectivity index (χ3v) is 4.94. The average Bonchev–Trinajstić information content (AvgIpc) is 2.56. The van der Waals surface area contributed by atoms with Gasteiger partial charge in [0.1, 0.15) is 17.5 Å². The number of allylic oxidation sites excluding steroid dienone is 2. The fourth-order valence-electron chi connectivity index (χ4n) is 2.66. The molecule has 0 unspecified atom stereocenters. The second kappa shape index (κ2) is 9.22. The molecule has 1 aromatic heterocycles. The van der Waals surface area contributed by atoms with Crippen molar-refractivity contribution < 1.29 is 0 Å². The lowest BCUT2D eigenvalue weighted by atomic mass is 9.95. The van der Waals surface area contributed by atoms with E-state index in [1.54, 1.807) is 0 Å². The van der Waals surface area contributed by atoms with E-state index in [0.717, 1.165) is 29.5 Å². The van der Waals surface area contributed by atoms with Crippen molar-refractivity contribution in [2.24, 2.45) is 0 Å². The maximum Gasteiger partial charge on any atom is 0.132 e. The summed E-state index contributed by atoms with van der Waals surface area (Å²) < 4.78 is 0. The lowest BCUT2D eigenvalue weighted by molar-refractivity contribution is 0.250. The Kier molecular flexibility index (Phi) is 7.79. The summed E-state index contributed by atoms with van der Waals surface area (Å²) in [4.78, 5) is 13.4. The van der Waals surface area contributed by atoms with Crippen LogP contribution < -0.4 is 10.2 Å². The first kappa shape index (κ1) is 23.7. The molecule has 1 aromatic rings. The van der Waals surface area contributed by atoms with Crippen LogP contribution in [-0.4, -0.2) is 45.9 Å². The Labute approximate surface area is 171 Å². The highest BCUT2D eigenvalue weighted by atomic mass is 15.2. The van der Waals surface area contributed by atoms with Crippen LogP contribution in [0.1, 0.15) is 60.0 Å². The van der Waals surface area contributed by atoms with Crippen LogP contribution in [0.4, 0.5) is 5.82 Å². The summed E-state index contributed by atoms with van der Waals surface area (Å²) in [6.45, 7) is 16.6. The molecule has 28 heavy (non-hydrogen) atoms. The van der Waals surface area contributed by atoms with E-state index in [2.05, 4.69) is 67.9 Å². The highest BCUT2D eigenvalue weighted by Crippen LogP contribution is 2.24. The Bertz CT molecular complexity index is 740. The molecule has 0 saturated heterocycles. The van der Waals surface area contributed by atoms with Crippen molar-refractivity contribution in [3.8, 4) is 0 Å². The zero-order chi connectivity index (χ0) is 21.7. The SMILES string of the molecule is C/C=C\NC(C)=CC(=N)N(C)C(C)(C)Cc1cc(N(C)C(C)(C)C)nc(C)n1. The van der Waals surface area contributed by atoms with Gasteiger partial charge in [-0.3, -0.25) is 5.41 Å². The van der Waals surface area contributed by atoms with Gasteiger partial charge in [-0.05, 0) is 67.7 Å². The van der Waals surface area contributed by atoms with Crippen molar-refractivity contribution in [3.63, 3.8) is 0 Å². The van der Waals surface area contributed by atoms with Gasteiger partial charge in [0.25, 0.3) is 0 Å². The molecular formula is C22H38N6. The van der Waals surface area contributed by atoms with Gasteiger partial charge in [-0.1, -0.05) is 6.08 Å². The number of hydrogen-bond donors (Lipinski definition) is 2. The maximum atomic E-state index is 8.46. The third kappa shape index (κ3) is 6.66. The van der Waals surface area contributed by atoms with Crippen molar-refractivity contribution in [3.05, 3.63) is 41.6 Å². The van der Waals surface area contributed by atoms with E-state index in [0.29, 0.717) is 5.84 Å². The smallest absolute Gasteiger partial charge is 0.132 e. The second-order valence-electron chi connectivity index (χ2n) is 8.90. The van der Waals surface area contributed by atoms with Crippen molar-refractivity contribution in [2.75, 3.05) is 19.0 Å². The number of amidine groups is 1. The molecular weight excluding hydrogens is 348 g/mol. The number of hydrogen-bond acceptors (Lipinski definition) is 5. The minimum atomic E-state index is -0.271. The number of nitrogens with one attached hydrogen (secondary N) is 2. The van der Waals surface area contributed by atoms with Crippen LogP contribution in [0.5, 0.6) is 0 Å². The Hall–Kier alpha value is -2.37. The van der Waals surface area contributed by atoms with E-state index >= 15 is 0 Å². The summed E-state index contributed by atoms with van der Waals surface area (Å²) in [5.74, 6) is 2.15. The van der Waals surface area contributed by atoms with Gasteiger partial charge in [-0.25, -0.2) is 9.97 Å². The standard InChI is InChI=1S/C22H38N6/c1-11-12-24-16(2)13-19(23)27(9)22(7,8)15-18-14-20(26-17(3)25-18)28(10)21(4,5)6/h11-14,23-24H,15H2,1-10H3/b12-11-,16-13?,23-19?. The Balaban J connectivity index is 3.05. The van der Waals surface area contributed by atoms with Crippen LogP contribution in [0.2, 0.25) is 0 Å². The molecule has 0 amide bonds. The summed E-state index contributed by atoms with van der Waals surface area (Å²) >= 11 is 0. The van der Waals surface area contributed by atoms with E-state index in [4.69, 9.17) is 5.41 Å². The Morgan fingerprint density at radius 2 is 1.79 bits per heavy atom. The second-order valence-corrected chi connectivity index (χ2v) is 8.90. The van der Waals surface area contributed by atoms with Gasteiger partial charge in [0, 0.05) is 49.1 Å². The van der Waals surface area contributed by atoms with Crippen LogP contribution in [0.3, 0.4) is 0 Å². The van der Waals surface area contributed by atoms with Crippen LogP contribution >= 0.6 is 0 Å². The molecule has 2 N–H and O–H groups in total. The van der Waals surface area contributed by atoms with Gasteiger partial charge >= 0.3 is 0 Å².